The fraction of sp³-hybridized carbons (Fsp3) is 0.600. The van der Waals surface area contributed by atoms with Crippen LogP contribution >= 0.6 is 0 Å². The second-order valence-corrected chi connectivity index (χ2v) is 5.79. The molecule has 1 fully saturated rings. The molecule has 3 rings (SSSR count). The third-order valence-corrected chi connectivity index (χ3v) is 4.55. The van der Waals surface area contributed by atoms with Gasteiger partial charge in [0.1, 0.15) is 5.82 Å². The molecule has 1 aliphatic heterocycles. The van der Waals surface area contributed by atoms with Crippen LogP contribution in [0.4, 0.5) is 4.39 Å². The summed E-state index contributed by atoms with van der Waals surface area (Å²) in [6.45, 7) is 3.87. The molecule has 0 spiro atoms. The Hall–Kier alpha value is -0.970. The lowest BCUT2D eigenvalue weighted by Crippen LogP contribution is -2.55. The molecule has 3 nitrogen and oxygen atoms in total. The molecule has 2 atom stereocenters. The minimum absolute atomic E-state index is 0.117. The van der Waals surface area contributed by atoms with Crippen LogP contribution in [-0.2, 0) is 6.42 Å². The second kappa shape index (κ2) is 5.19. The van der Waals surface area contributed by atoms with Gasteiger partial charge < -0.3 is 10.6 Å². The van der Waals surface area contributed by atoms with E-state index in [9.17, 15) is 4.39 Å². The van der Waals surface area contributed by atoms with Crippen LogP contribution in [0.3, 0.4) is 0 Å². The summed E-state index contributed by atoms with van der Waals surface area (Å²) in [7, 11) is 2.15. The van der Waals surface area contributed by atoms with E-state index in [1.807, 2.05) is 6.07 Å². The van der Waals surface area contributed by atoms with Crippen molar-refractivity contribution >= 4 is 0 Å². The van der Waals surface area contributed by atoms with Crippen LogP contribution in [0.5, 0.6) is 0 Å². The number of hydrogen-bond donors (Lipinski definition) is 1. The topological polar surface area (TPSA) is 32.5 Å². The molecule has 1 aliphatic carbocycles. The highest BCUT2D eigenvalue weighted by Crippen LogP contribution is 2.37. The highest BCUT2D eigenvalue weighted by atomic mass is 19.1. The fourth-order valence-corrected chi connectivity index (χ4v) is 3.55. The van der Waals surface area contributed by atoms with Gasteiger partial charge in [-0.25, -0.2) is 4.39 Å². The highest BCUT2D eigenvalue weighted by molar-refractivity contribution is 5.35. The lowest BCUT2D eigenvalue weighted by molar-refractivity contribution is 0.0559. The number of nitrogens with two attached hydrogens (primary N) is 1. The molecule has 19 heavy (non-hydrogen) atoms. The van der Waals surface area contributed by atoms with Crippen molar-refractivity contribution in [3.8, 4) is 0 Å². The molecule has 2 unspecified atom stereocenters. The second-order valence-electron chi connectivity index (χ2n) is 5.79. The van der Waals surface area contributed by atoms with E-state index in [-0.39, 0.29) is 5.82 Å². The van der Waals surface area contributed by atoms with E-state index in [4.69, 9.17) is 5.73 Å². The summed E-state index contributed by atoms with van der Waals surface area (Å²) in [4.78, 5) is 4.87. The Balaban J connectivity index is 1.84. The summed E-state index contributed by atoms with van der Waals surface area (Å²) in [6, 6.07) is 6.10. The zero-order valence-corrected chi connectivity index (χ0v) is 11.5. The molecule has 1 saturated heterocycles. The number of piperazine rings is 1. The van der Waals surface area contributed by atoms with Crippen molar-refractivity contribution in [2.45, 2.75) is 24.9 Å². The predicted molar refractivity (Wildman–Crippen MR) is 74.5 cm³/mol. The average molecular weight is 263 g/mol. The lowest BCUT2D eigenvalue weighted by Gasteiger charge is -2.43. The van der Waals surface area contributed by atoms with Crippen molar-refractivity contribution < 1.29 is 4.39 Å². The summed E-state index contributed by atoms with van der Waals surface area (Å²) < 4.78 is 13.3. The monoisotopic (exact) mass is 263 g/mol. The van der Waals surface area contributed by atoms with E-state index in [1.165, 1.54) is 11.1 Å². The van der Waals surface area contributed by atoms with Crippen LogP contribution in [0.25, 0.3) is 0 Å². The molecule has 0 radical (unpaired) electrons. The van der Waals surface area contributed by atoms with E-state index in [0.29, 0.717) is 18.6 Å². The fourth-order valence-electron chi connectivity index (χ4n) is 3.55. The van der Waals surface area contributed by atoms with Crippen molar-refractivity contribution in [3.05, 3.63) is 35.1 Å². The van der Waals surface area contributed by atoms with Crippen molar-refractivity contribution in [1.82, 2.24) is 9.80 Å². The van der Waals surface area contributed by atoms with Gasteiger partial charge >= 0.3 is 0 Å². The minimum atomic E-state index is -0.117. The van der Waals surface area contributed by atoms with Gasteiger partial charge in [0.25, 0.3) is 0 Å². The smallest absolute Gasteiger partial charge is 0.123 e. The summed E-state index contributed by atoms with van der Waals surface area (Å²) in [5.41, 5.74) is 8.43. The van der Waals surface area contributed by atoms with E-state index in [1.54, 1.807) is 12.1 Å². The molecule has 4 heteroatoms. The number of nitrogens with zero attached hydrogens (tertiary/aromatic N) is 2. The van der Waals surface area contributed by atoms with Crippen LogP contribution < -0.4 is 5.73 Å². The van der Waals surface area contributed by atoms with E-state index < -0.39 is 0 Å². The number of halogens is 1. The first-order chi connectivity index (χ1) is 9.19. The lowest BCUT2D eigenvalue weighted by atomic mass is 10.0. The van der Waals surface area contributed by atoms with Crippen LogP contribution in [0.15, 0.2) is 18.2 Å². The third-order valence-electron chi connectivity index (χ3n) is 4.55. The summed E-state index contributed by atoms with van der Waals surface area (Å²) in [5.74, 6) is -0.117. The van der Waals surface area contributed by atoms with Gasteiger partial charge in [0.2, 0.25) is 0 Å². The molecule has 0 aromatic heterocycles. The molecule has 104 valence electrons. The molecule has 2 aliphatic rings. The number of rotatable bonds is 2. The third kappa shape index (κ3) is 2.40. The molecular weight excluding hydrogens is 241 g/mol. The molecule has 1 aromatic rings. The first kappa shape index (κ1) is 13.0. The molecule has 0 amide bonds. The summed E-state index contributed by atoms with van der Waals surface area (Å²) >= 11 is 0. The van der Waals surface area contributed by atoms with Gasteiger partial charge in [-0.3, -0.25) is 4.90 Å². The Morgan fingerprint density at radius 1 is 1.37 bits per heavy atom. The Morgan fingerprint density at radius 3 is 3.00 bits per heavy atom. The van der Waals surface area contributed by atoms with Gasteiger partial charge in [-0.15, -0.1) is 0 Å². The number of fused-ring (bicyclic) bond motifs is 1. The first-order valence-corrected chi connectivity index (χ1v) is 7.11. The van der Waals surface area contributed by atoms with Gasteiger partial charge in [-0.1, -0.05) is 6.07 Å². The normalized spacial score (nSPS) is 28.6. The van der Waals surface area contributed by atoms with Gasteiger partial charge in [0.05, 0.1) is 0 Å². The van der Waals surface area contributed by atoms with Crippen molar-refractivity contribution in [3.63, 3.8) is 0 Å². The number of aryl methyl sites for hydroxylation is 1. The maximum atomic E-state index is 13.3. The average Bonchev–Trinajstić information content (AvgIpc) is 2.81. The van der Waals surface area contributed by atoms with Gasteiger partial charge in [-0.05, 0) is 43.1 Å². The van der Waals surface area contributed by atoms with Crippen molar-refractivity contribution in [2.75, 3.05) is 33.2 Å². The van der Waals surface area contributed by atoms with Gasteiger partial charge in [0.15, 0.2) is 0 Å². The van der Waals surface area contributed by atoms with Gasteiger partial charge in [0, 0.05) is 38.3 Å². The minimum Gasteiger partial charge on any atom is -0.329 e. The van der Waals surface area contributed by atoms with Gasteiger partial charge in [-0.2, -0.15) is 0 Å². The summed E-state index contributed by atoms with van der Waals surface area (Å²) in [6.07, 6.45) is 2.08. The van der Waals surface area contributed by atoms with Crippen LogP contribution in [-0.4, -0.2) is 49.1 Å². The number of benzene rings is 1. The van der Waals surface area contributed by atoms with Crippen LogP contribution in [0.2, 0.25) is 0 Å². The molecule has 0 bridgehead atoms. The zero-order valence-electron chi connectivity index (χ0n) is 11.5. The van der Waals surface area contributed by atoms with Crippen LogP contribution in [0.1, 0.15) is 23.6 Å². The molecule has 1 heterocycles. The van der Waals surface area contributed by atoms with E-state index in [2.05, 4.69) is 16.8 Å². The number of likely N-dealkylation sites (N-methyl/N-ethyl adjacent to an activating group) is 1. The Labute approximate surface area is 114 Å². The maximum absolute atomic E-state index is 13.3. The maximum Gasteiger partial charge on any atom is 0.123 e. The van der Waals surface area contributed by atoms with Crippen molar-refractivity contribution in [1.29, 1.82) is 0 Å². The van der Waals surface area contributed by atoms with Crippen molar-refractivity contribution in [2.24, 2.45) is 5.73 Å². The van der Waals surface area contributed by atoms with Crippen LogP contribution in [0, 0.1) is 5.82 Å². The standard InChI is InChI=1S/C15H22FN3/c1-18-6-7-19(13(9-17)10-18)15-5-2-11-8-12(16)3-4-14(11)15/h3-4,8,13,15H,2,5-7,9-10,17H2,1H3. The van der Waals surface area contributed by atoms with E-state index >= 15 is 0 Å². The first-order valence-electron chi connectivity index (χ1n) is 7.11. The highest BCUT2D eigenvalue weighted by Gasteiger charge is 2.34. The molecule has 2 N–H and O–H groups in total. The Morgan fingerprint density at radius 2 is 2.21 bits per heavy atom. The number of hydrogen-bond acceptors (Lipinski definition) is 3. The molecule has 1 aromatic carbocycles. The summed E-state index contributed by atoms with van der Waals surface area (Å²) in [5, 5.41) is 0. The predicted octanol–water partition coefficient (Wildman–Crippen LogP) is 1.39. The largest absolute Gasteiger partial charge is 0.329 e. The molecule has 0 saturated carbocycles. The Kier molecular flexibility index (Phi) is 3.56. The zero-order chi connectivity index (χ0) is 13.4. The quantitative estimate of drug-likeness (QED) is 0.875. The Bertz CT molecular complexity index is 463. The molecular formula is C15H22FN3. The SMILES string of the molecule is CN1CCN(C2CCc3cc(F)ccc32)C(CN)C1. The van der Waals surface area contributed by atoms with E-state index in [0.717, 1.165) is 32.5 Å².